The number of halogens is 3. The Bertz CT molecular complexity index is 363. The molecule has 0 radical (unpaired) electrons. The topological polar surface area (TPSA) is 23.5 Å². The molecule has 0 aromatic carbocycles. The number of aliphatic hydroxyl groups excluding tert-OH is 1. The van der Waals surface area contributed by atoms with Gasteiger partial charge in [0.15, 0.2) is 6.10 Å². The van der Waals surface area contributed by atoms with E-state index in [0.717, 1.165) is 12.0 Å². The summed E-state index contributed by atoms with van der Waals surface area (Å²) in [5.74, 6) is 0. The van der Waals surface area contributed by atoms with Crippen molar-refractivity contribution in [2.24, 2.45) is 0 Å². The summed E-state index contributed by atoms with van der Waals surface area (Å²) >= 11 is 1.64. The predicted molar refractivity (Wildman–Crippen MR) is 55.4 cm³/mol. The second-order valence-electron chi connectivity index (χ2n) is 3.91. The summed E-state index contributed by atoms with van der Waals surface area (Å²) in [6, 6.07) is 1.94. The summed E-state index contributed by atoms with van der Waals surface area (Å²) in [4.78, 5) is 2.89. The van der Waals surface area contributed by atoms with Crippen LogP contribution in [0.15, 0.2) is 11.4 Å². The van der Waals surface area contributed by atoms with E-state index in [1.165, 1.54) is 4.88 Å². The van der Waals surface area contributed by atoms with Gasteiger partial charge in [0.2, 0.25) is 0 Å². The highest BCUT2D eigenvalue weighted by Gasteiger charge is 2.39. The fourth-order valence-electron chi connectivity index (χ4n) is 1.81. The smallest absolute Gasteiger partial charge is 0.382 e. The van der Waals surface area contributed by atoms with Crippen LogP contribution in [0.1, 0.15) is 10.4 Å². The van der Waals surface area contributed by atoms with E-state index in [2.05, 4.69) is 0 Å². The maximum absolute atomic E-state index is 12.2. The third-order valence-corrected chi connectivity index (χ3v) is 3.72. The lowest BCUT2D eigenvalue weighted by atomic mass is 10.1. The third-order valence-electron chi connectivity index (χ3n) is 2.70. The van der Waals surface area contributed by atoms with Crippen LogP contribution in [0.4, 0.5) is 13.2 Å². The largest absolute Gasteiger partial charge is 0.415 e. The Morgan fingerprint density at radius 1 is 1.50 bits per heavy atom. The van der Waals surface area contributed by atoms with Crippen molar-refractivity contribution in [3.8, 4) is 0 Å². The van der Waals surface area contributed by atoms with Gasteiger partial charge in [0, 0.05) is 24.5 Å². The minimum Gasteiger partial charge on any atom is -0.382 e. The van der Waals surface area contributed by atoms with Gasteiger partial charge in [-0.25, -0.2) is 0 Å². The van der Waals surface area contributed by atoms with E-state index in [4.69, 9.17) is 5.11 Å². The van der Waals surface area contributed by atoms with Crippen LogP contribution in [0.2, 0.25) is 0 Å². The molecule has 1 N–H and O–H groups in total. The van der Waals surface area contributed by atoms with Gasteiger partial charge in [-0.3, -0.25) is 4.90 Å². The van der Waals surface area contributed by atoms with Crippen molar-refractivity contribution in [2.45, 2.75) is 25.2 Å². The third kappa shape index (κ3) is 2.56. The van der Waals surface area contributed by atoms with E-state index in [1.807, 2.05) is 11.4 Å². The van der Waals surface area contributed by atoms with Crippen molar-refractivity contribution >= 4 is 11.3 Å². The van der Waals surface area contributed by atoms with Crippen molar-refractivity contribution in [2.75, 3.05) is 13.1 Å². The van der Waals surface area contributed by atoms with E-state index in [0.29, 0.717) is 13.1 Å². The predicted octanol–water partition coefficient (Wildman–Crippen LogP) is 2.03. The molecule has 16 heavy (non-hydrogen) atoms. The molecule has 1 aliphatic heterocycles. The van der Waals surface area contributed by atoms with Crippen LogP contribution in [0.3, 0.4) is 0 Å². The highest BCUT2D eigenvalue weighted by Crippen LogP contribution is 2.26. The van der Waals surface area contributed by atoms with Crippen molar-refractivity contribution in [3.05, 3.63) is 21.9 Å². The lowest BCUT2D eigenvalue weighted by molar-refractivity contribution is -0.208. The maximum Gasteiger partial charge on any atom is 0.415 e. The zero-order valence-electron chi connectivity index (χ0n) is 8.50. The molecule has 1 atom stereocenters. The van der Waals surface area contributed by atoms with Crippen LogP contribution in [-0.2, 0) is 13.0 Å². The van der Waals surface area contributed by atoms with Crippen LogP contribution in [0.5, 0.6) is 0 Å². The molecule has 2 rings (SSSR count). The van der Waals surface area contributed by atoms with E-state index in [-0.39, 0.29) is 6.54 Å². The molecule has 1 unspecified atom stereocenters. The summed E-state index contributed by atoms with van der Waals surface area (Å²) in [6.45, 7) is 0.755. The Kier molecular flexibility index (Phi) is 3.23. The lowest BCUT2D eigenvalue weighted by Gasteiger charge is -2.29. The van der Waals surface area contributed by atoms with Gasteiger partial charge in [0.05, 0.1) is 0 Å². The highest BCUT2D eigenvalue weighted by atomic mass is 32.1. The summed E-state index contributed by atoms with van der Waals surface area (Å²) in [5.41, 5.74) is 1.09. The molecule has 0 bridgehead atoms. The van der Waals surface area contributed by atoms with E-state index in [9.17, 15) is 13.2 Å². The summed E-state index contributed by atoms with van der Waals surface area (Å²) in [5, 5.41) is 10.9. The maximum atomic E-state index is 12.2. The molecule has 0 amide bonds. The van der Waals surface area contributed by atoms with Crippen molar-refractivity contribution in [1.29, 1.82) is 0 Å². The molecule has 1 aromatic rings. The Morgan fingerprint density at radius 2 is 2.25 bits per heavy atom. The highest BCUT2D eigenvalue weighted by molar-refractivity contribution is 7.10. The molecule has 90 valence electrons. The van der Waals surface area contributed by atoms with E-state index >= 15 is 0 Å². The SMILES string of the molecule is OC(CN1CCc2sccc2C1)C(F)(F)F. The molecule has 0 aliphatic carbocycles. The minimum absolute atomic E-state index is 0.335. The first-order valence-electron chi connectivity index (χ1n) is 4.99. The van der Waals surface area contributed by atoms with Gasteiger partial charge >= 0.3 is 6.18 Å². The van der Waals surface area contributed by atoms with Crippen LogP contribution in [0, 0.1) is 0 Å². The number of β-amino-alcohol motifs (C(OH)–C–C–N with tert-alkyl or cyclic N) is 1. The van der Waals surface area contributed by atoms with Crippen molar-refractivity contribution in [1.82, 2.24) is 4.90 Å². The second kappa shape index (κ2) is 4.35. The molecule has 0 spiro atoms. The molecule has 0 saturated heterocycles. The summed E-state index contributed by atoms with van der Waals surface area (Å²) in [6.07, 6.45) is -5.99. The van der Waals surface area contributed by atoms with Crippen LogP contribution >= 0.6 is 11.3 Å². The monoisotopic (exact) mass is 251 g/mol. The summed E-state index contributed by atoms with van der Waals surface area (Å²) in [7, 11) is 0. The van der Waals surface area contributed by atoms with E-state index in [1.54, 1.807) is 16.2 Å². The zero-order chi connectivity index (χ0) is 11.8. The molecule has 2 nitrogen and oxygen atoms in total. The van der Waals surface area contributed by atoms with Gasteiger partial charge in [0.25, 0.3) is 0 Å². The molecule has 1 aliphatic rings. The molecule has 2 heterocycles. The molecule has 6 heteroatoms. The summed E-state index contributed by atoms with van der Waals surface area (Å²) < 4.78 is 36.5. The normalized spacial score (nSPS) is 19.5. The quantitative estimate of drug-likeness (QED) is 0.869. The second-order valence-corrected chi connectivity index (χ2v) is 4.91. The van der Waals surface area contributed by atoms with Gasteiger partial charge in [-0.15, -0.1) is 11.3 Å². The van der Waals surface area contributed by atoms with Gasteiger partial charge < -0.3 is 5.11 Å². The number of rotatable bonds is 2. The van der Waals surface area contributed by atoms with Crippen LogP contribution < -0.4 is 0 Å². The van der Waals surface area contributed by atoms with Gasteiger partial charge in [-0.1, -0.05) is 0 Å². The number of thiophene rings is 1. The number of hydrogen-bond acceptors (Lipinski definition) is 3. The Labute approximate surface area is 95.3 Å². The van der Waals surface area contributed by atoms with E-state index < -0.39 is 12.3 Å². The molecule has 0 saturated carbocycles. The molecule has 1 aromatic heterocycles. The Balaban J connectivity index is 1.95. The average Bonchev–Trinajstić information content (AvgIpc) is 2.63. The number of hydrogen-bond donors (Lipinski definition) is 1. The first-order chi connectivity index (χ1) is 7.47. The van der Waals surface area contributed by atoms with Crippen molar-refractivity contribution in [3.63, 3.8) is 0 Å². The number of fused-ring (bicyclic) bond motifs is 1. The zero-order valence-corrected chi connectivity index (χ0v) is 9.31. The standard InChI is InChI=1S/C10H12F3NOS/c11-10(12,13)9(15)6-14-3-1-8-7(5-14)2-4-16-8/h2,4,9,15H,1,3,5-6H2. The molecule has 0 fully saturated rings. The molecular formula is C10H12F3NOS. The number of nitrogens with zero attached hydrogens (tertiary/aromatic N) is 1. The van der Waals surface area contributed by atoms with Gasteiger partial charge in [0.1, 0.15) is 0 Å². The lowest BCUT2D eigenvalue weighted by Crippen LogP contribution is -2.42. The fourth-order valence-corrected chi connectivity index (χ4v) is 2.70. The van der Waals surface area contributed by atoms with Crippen molar-refractivity contribution < 1.29 is 18.3 Å². The van der Waals surface area contributed by atoms with Gasteiger partial charge in [-0.05, 0) is 23.4 Å². The van der Waals surface area contributed by atoms with Gasteiger partial charge in [-0.2, -0.15) is 13.2 Å². The Hall–Kier alpha value is -0.590. The first kappa shape index (κ1) is 11.9. The van der Waals surface area contributed by atoms with Crippen LogP contribution in [0.25, 0.3) is 0 Å². The number of aliphatic hydroxyl groups is 1. The first-order valence-corrected chi connectivity index (χ1v) is 5.87. The minimum atomic E-state index is -4.52. The fraction of sp³-hybridized carbons (Fsp3) is 0.600. The van der Waals surface area contributed by atoms with Crippen LogP contribution in [-0.4, -0.2) is 35.4 Å². The Morgan fingerprint density at radius 3 is 2.94 bits per heavy atom. The molecular weight excluding hydrogens is 239 g/mol. The number of alkyl halides is 3. The average molecular weight is 251 g/mol.